The largest absolute Gasteiger partial charge is 0.290 e. The van der Waals surface area contributed by atoms with Gasteiger partial charge in [0.05, 0.1) is 32.2 Å². The number of rotatable bonds is 7. The average molecular weight is 408 g/mol. The summed E-state index contributed by atoms with van der Waals surface area (Å²) in [7, 11) is 0. The van der Waals surface area contributed by atoms with Gasteiger partial charge in [0.1, 0.15) is 0 Å². The lowest BCUT2D eigenvalue weighted by Crippen LogP contribution is -1.99. The summed E-state index contributed by atoms with van der Waals surface area (Å²) in [5.74, 6) is 0. The molecule has 0 saturated carbocycles. The molecule has 0 aliphatic carbocycles. The van der Waals surface area contributed by atoms with Crippen molar-refractivity contribution in [1.29, 1.82) is 0 Å². The molecule has 9 heteroatoms. The van der Waals surface area contributed by atoms with Crippen molar-refractivity contribution in [2.75, 3.05) is 5.43 Å². The molecule has 146 valence electrons. The fourth-order valence-corrected chi connectivity index (χ4v) is 3.37. The first-order chi connectivity index (χ1) is 13.9. The molecule has 0 bridgehead atoms. The van der Waals surface area contributed by atoms with Crippen molar-refractivity contribution in [1.82, 2.24) is 0 Å². The molecule has 0 amide bonds. The van der Waals surface area contributed by atoms with Gasteiger partial charge in [-0.2, -0.15) is 5.10 Å². The number of hydrogen-bond acceptors (Lipinski definition) is 7. The Kier molecular flexibility index (Phi) is 6.20. The van der Waals surface area contributed by atoms with E-state index in [2.05, 4.69) is 10.5 Å². The normalized spacial score (nSPS) is 11.1. The van der Waals surface area contributed by atoms with E-state index < -0.39 is 9.85 Å². The second-order valence-corrected chi connectivity index (χ2v) is 7.08. The minimum Gasteiger partial charge on any atom is -0.278 e. The standard InChI is InChI=1S/C20H16N4O4S/c1-14(15-5-3-2-4-6-15)21-22-16-7-10-18(11-8-16)29-20-12-9-17(23(25)26)13-19(20)24(27)28/h2-13,22H,1H3/b21-14+. The Hall–Kier alpha value is -3.72. The van der Waals surface area contributed by atoms with E-state index in [1.54, 1.807) is 24.3 Å². The molecule has 0 heterocycles. The first-order valence-electron chi connectivity index (χ1n) is 8.50. The van der Waals surface area contributed by atoms with Gasteiger partial charge in [-0.25, -0.2) is 0 Å². The molecule has 3 aromatic rings. The summed E-state index contributed by atoms with van der Waals surface area (Å²) in [4.78, 5) is 21.9. The third kappa shape index (κ3) is 5.17. The zero-order chi connectivity index (χ0) is 20.8. The van der Waals surface area contributed by atoms with E-state index in [-0.39, 0.29) is 11.4 Å². The van der Waals surface area contributed by atoms with Crippen molar-refractivity contribution >= 4 is 34.5 Å². The second-order valence-electron chi connectivity index (χ2n) is 5.97. The van der Waals surface area contributed by atoms with Crippen LogP contribution >= 0.6 is 11.8 Å². The molecule has 0 aliphatic heterocycles. The van der Waals surface area contributed by atoms with Crippen LogP contribution in [0, 0.1) is 20.2 Å². The Balaban J connectivity index is 1.73. The predicted octanol–water partition coefficient (Wildman–Crippen LogP) is 5.49. The highest BCUT2D eigenvalue weighted by molar-refractivity contribution is 7.99. The number of nitrogens with one attached hydrogen (secondary N) is 1. The summed E-state index contributed by atoms with van der Waals surface area (Å²) in [5.41, 5.74) is 4.99. The molecule has 0 atom stereocenters. The van der Waals surface area contributed by atoms with E-state index in [0.717, 1.165) is 27.9 Å². The average Bonchev–Trinajstić information content (AvgIpc) is 2.73. The van der Waals surface area contributed by atoms with Crippen LogP contribution in [0.5, 0.6) is 0 Å². The number of hydrogen-bond donors (Lipinski definition) is 1. The monoisotopic (exact) mass is 408 g/mol. The van der Waals surface area contributed by atoms with Gasteiger partial charge in [0.2, 0.25) is 0 Å². The molecular weight excluding hydrogens is 392 g/mol. The van der Waals surface area contributed by atoms with Gasteiger partial charge < -0.3 is 0 Å². The molecule has 1 N–H and O–H groups in total. The van der Waals surface area contributed by atoms with Gasteiger partial charge in [-0.15, -0.1) is 0 Å². The Labute approximate surface area is 170 Å². The Morgan fingerprint density at radius 1 is 0.931 bits per heavy atom. The van der Waals surface area contributed by atoms with Gasteiger partial charge in [0, 0.05) is 11.0 Å². The van der Waals surface area contributed by atoms with Gasteiger partial charge >= 0.3 is 0 Å². The van der Waals surface area contributed by atoms with Gasteiger partial charge in [0.15, 0.2) is 0 Å². The van der Waals surface area contributed by atoms with Crippen LogP contribution < -0.4 is 5.43 Å². The number of hydrazone groups is 1. The van der Waals surface area contributed by atoms with Crippen LogP contribution in [0.4, 0.5) is 17.1 Å². The number of anilines is 1. The lowest BCUT2D eigenvalue weighted by molar-refractivity contribution is -0.396. The highest BCUT2D eigenvalue weighted by Gasteiger charge is 2.20. The minimum absolute atomic E-state index is 0.297. The van der Waals surface area contributed by atoms with E-state index in [0.29, 0.717) is 4.90 Å². The SMILES string of the molecule is C/C(=N\Nc1ccc(Sc2ccc([N+](=O)[O-])cc2[N+](=O)[O-])cc1)c1ccccc1. The summed E-state index contributed by atoms with van der Waals surface area (Å²) in [5, 5.41) is 26.4. The van der Waals surface area contributed by atoms with Crippen LogP contribution in [-0.2, 0) is 0 Å². The number of benzene rings is 3. The van der Waals surface area contributed by atoms with Crippen LogP contribution in [0.1, 0.15) is 12.5 Å². The number of nitrogens with zero attached hydrogens (tertiary/aromatic N) is 3. The summed E-state index contributed by atoms with van der Waals surface area (Å²) in [6.07, 6.45) is 0. The summed E-state index contributed by atoms with van der Waals surface area (Å²) >= 11 is 1.17. The molecule has 0 unspecified atom stereocenters. The van der Waals surface area contributed by atoms with Crippen LogP contribution in [0.15, 0.2) is 87.7 Å². The molecular formula is C20H16N4O4S. The summed E-state index contributed by atoms with van der Waals surface area (Å²) < 4.78 is 0. The van der Waals surface area contributed by atoms with Gasteiger partial charge in [0.25, 0.3) is 11.4 Å². The molecule has 0 saturated heterocycles. The maximum absolute atomic E-state index is 11.3. The number of nitro groups is 2. The fourth-order valence-electron chi connectivity index (χ4n) is 2.47. The molecule has 29 heavy (non-hydrogen) atoms. The predicted molar refractivity (Wildman–Crippen MR) is 113 cm³/mol. The topological polar surface area (TPSA) is 111 Å². The molecule has 3 aromatic carbocycles. The molecule has 8 nitrogen and oxygen atoms in total. The van der Waals surface area contributed by atoms with Crippen LogP contribution in [0.2, 0.25) is 0 Å². The highest BCUT2D eigenvalue weighted by Crippen LogP contribution is 2.37. The van der Waals surface area contributed by atoms with Gasteiger partial charge in [-0.1, -0.05) is 42.1 Å². The van der Waals surface area contributed by atoms with Crippen molar-refractivity contribution in [3.05, 3.63) is 98.6 Å². The van der Waals surface area contributed by atoms with E-state index in [9.17, 15) is 20.2 Å². The third-order valence-electron chi connectivity index (χ3n) is 3.98. The Morgan fingerprint density at radius 3 is 2.24 bits per heavy atom. The second kappa shape index (κ2) is 8.98. The van der Waals surface area contributed by atoms with Crippen molar-refractivity contribution in [2.24, 2.45) is 5.10 Å². The highest BCUT2D eigenvalue weighted by atomic mass is 32.2. The zero-order valence-corrected chi connectivity index (χ0v) is 16.1. The smallest absolute Gasteiger partial charge is 0.278 e. The van der Waals surface area contributed by atoms with Gasteiger partial charge in [-0.3, -0.25) is 25.7 Å². The first kappa shape index (κ1) is 20.0. The zero-order valence-electron chi connectivity index (χ0n) is 15.3. The van der Waals surface area contributed by atoms with Crippen molar-refractivity contribution in [3.8, 4) is 0 Å². The fraction of sp³-hybridized carbons (Fsp3) is 0.0500. The van der Waals surface area contributed by atoms with Crippen molar-refractivity contribution < 1.29 is 9.85 Å². The number of nitro benzene ring substituents is 2. The quantitative estimate of drug-likeness (QED) is 0.314. The molecule has 0 fully saturated rings. The summed E-state index contributed by atoms with van der Waals surface area (Å²) in [6.45, 7) is 1.90. The first-order valence-corrected chi connectivity index (χ1v) is 9.32. The van der Waals surface area contributed by atoms with Crippen LogP contribution in [-0.4, -0.2) is 15.6 Å². The molecule has 0 spiro atoms. The third-order valence-corrected chi connectivity index (χ3v) is 5.05. The van der Waals surface area contributed by atoms with Crippen molar-refractivity contribution in [2.45, 2.75) is 16.7 Å². The summed E-state index contributed by atoms with van der Waals surface area (Å²) in [6, 6.07) is 20.6. The maximum atomic E-state index is 11.3. The van der Waals surface area contributed by atoms with E-state index in [1.807, 2.05) is 37.3 Å². The minimum atomic E-state index is -0.653. The maximum Gasteiger partial charge on any atom is 0.290 e. The van der Waals surface area contributed by atoms with Gasteiger partial charge in [-0.05, 0) is 42.8 Å². The van der Waals surface area contributed by atoms with Crippen LogP contribution in [0.25, 0.3) is 0 Å². The molecule has 3 rings (SSSR count). The molecule has 0 radical (unpaired) electrons. The molecule has 0 aromatic heterocycles. The van der Waals surface area contributed by atoms with Crippen LogP contribution in [0.3, 0.4) is 0 Å². The van der Waals surface area contributed by atoms with E-state index in [4.69, 9.17) is 0 Å². The van der Waals surface area contributed by atoms with Crippen molar-refractivity contribution in [3.63, 3.8) is 0 Å². The van der Waals surface area contributed by atoms with E-state index in [1.165, 1.54) is 23.9 Å². The lowest BCUT2D eigenvalue weighted by atomic mass is 10.1. The Bertz CT molecular complexity index is 1070. The Morgan fingerprint density at radius 2 is 1.62 bits per heavy atom. The number of non-ortho nitro benzene ring substituents is 1. The molecule has 0 aliphatic rings. The lowest BCUT2D eigenvalue weighted by Gasteiger charge is -2.06. The van der Waals surface area contributed by atoms with E-state index >= 15 is 0 Å².